The Morgan fingerprint density at radius 2 is 2.07 bits per heavy atom. The van der Waals surface area contributed by atoms with Crippen LogP contribution in [-0.2, 0) is 4.74 Å². The molecule has 1 aromatic rings. The van der Waals surface area contributed by atoms with Crippen molar-refractivity contribution in [3.05, 3.63) is 23.7 Å². The Morgan fingerprint density at radius 1 is 1.36 bits per heavy atom. The summed E-state index contributed by atoms with van der Waals surface area (Å²) < 4.78 is 10.5. The maximum absolute atomic E-state index is 11.9. The van der Waals surface area contributed by atoms with Gasteiger partial charge in [-0.05, 0) is 31.9 Å². The van der Waals surface area contributed by atoms with Gasteiger partial charge in [-0.25, -0.2) is 0 Å². The highest BCUT2D eigenvalue weighted by Crippen LogP contribution is 2.21. The van der Waals surface area contributed by atoms with Crippen LogP contribution in [0, 0.1) is 12.8 Å². The standard InChI is InChI=1S/C11H14O3/c1-8-2-3-10(14-8)11(12)9-4-6-13-7-5-9/h2-3,9H,4-7H2,1H3. The summed E-state index contributed by atoms with van der Waals surface area (Å²) in [5, 5.41) is 0. The second-order valence-corrected chi connectivity index (χ2v) is 3.66. The van der Waals surface area contributed by atoms with Crippen LogP contribution in [0.4, 0.5) is 0 Å². The van der Waals surface area contributed by atoms with Gasteiger partial charge in [0.15, 0.2) is 5.76 Å². The first kappa shape index (κ1) is 9.46. The Morgan fingerprint density at radius 3 is 2.64 bits per heavy atom. The highest BCUT2D eigenvalue weighted by molar-refractivity contribution is 5.95. The van der Waals surface area contributed by atoms with E-state index in [1.54, 1.807) is 6.07 Å². The van der Waals surface area contributed by atoms with Crippen LogP contribution in [-0.4, -0.2) is 19.0 Å². The van der Waals surface area contributed by atoms with E-state index >= 15 is 0 Å². The van der Waals surface area contributed by atoms with Crippen LogP contribution >= 0.6 is 0 Å². The Bertz CT molecular complexity index is 321. The minimum atomic E-state index is 0.0919. The van der Waals surface area contributed by atoms with Crippen molar-refractivity contribution >= 4 is 5.78 Å². The molecule has 1 fully saturated rings. The highest BCUT2D eigenvalue weighted by atomic mass is 16.5. The molecule has 1 aliphatic rings. The van der Waals surface area contributed by atoms with E-state index < -0.39 is 0 Å². The first-order chi connectivity index (χ1) is 6.77. The average Bonchev–Trinajstić information content (AvgIpc) is 2.65. The molecule has 14 heavy (non-hydrogen) atoms. The summed E-state index contributed by atoms with van der Waals surface area (Å²) in [7, 11) is 0. The van der Waals surface area contributed by atoms with Gasteiger partial charge in [0, 0.05) is 19.1 Å². The van der Waals surface area contributed by atoms with Crippen LogP contribution < -0.4 is 0 Å². The molecule has 3 heteroatoms. The summed E-state index contributed by atoms with van der Waals surface area (Å²) in [4.78, 5) is 11.9. The van der Waals surface area contributed by atoms with E-state index in [-0.39, 0.29) is 11.7 Å². The summed E-state index contributed by atoms with van der Waals surface area (Å²) in [5.41, 5.74) is 0. The third-order valence-corrected chi connectivity index (χ3v) is 2.58. The molecule has 0 bridgehead atoms. The van der Waals surface area contributed by atoms with Crippen molar-refractivity contribution in [2.24, 2.45) is 5.92 Å². The minimum Gasteiger partial charge on any atom is -0.458 e. The Hall–Kier alpha value is -1.09. The normalized spacial score (nSPS) is 18.4. The van der Waals surface area contributed by atoms with Crippen molar-refractivity contribution in [3.63, 3.8) is 0 Å². The fourth-order valence-electron chi connectivity index (χ4n) is 1.73. The van der Waals surface area contributed by atoms with Gasteiger partial charge in [0.2, 0.25) is 5.78 Å². The zero-order valence-corrected chi connectivity index (χ0v) is 8.29. The third-order valence-electron chi connectivity index (χ3n) is 2.58. The fraction of sp³-hybridized carbons (Fsp3) is 0.545. The first-order valence-electron chi connectivity index (χ1n) is 4.96. The third kappa shape index (κ3) is 1.87. The lowest BCUT2D eigenvalue weighted by molar-refractivity contribution is 0.0527. The van der Waals surface area contributed by atoms with Crippen LogP contribution in [0.15, 0.2) is 16.5 Å². The first-order valence-corrected chi connectivity index (χ1v) is 4.96. The van der Waals surface area contributed by atoms with Crippen LogP contribution in [0.1, 0.15) is 29.2 Å². The predicted octanol–water partition coefficient (Wildman–Crippen LogP) is 2.20. The zero-order chi connectivity index (χ0) is 9.97. The molecular formula is C11H14O3. The molecule has 0 aliphatic carbocycles. The van der Waals surface area contributed by atoms with E-state index in [2.05, 4.69) is 0 Å². The van der Waals surface area contributed by atoms with Gasteiger partial charge in [0.1, 0.15) is 5.76 Å². The molecule has 3 nitrogen and oxygen atoms in total. The molecule has 0 saturated carbocycles. The van der Waals surface area contributed by atoms with E-state index in [1.807, 2.05) is 13.0 Å². The minimum absolute atomic E-state index is 0.0919. The van der Waals surface area contributed by atoms with E-state index in [0.717, 1.165) is 18.6 Å². The maximum atomic E-state index is 11.9. The molecule has 0 atom stereocenters. The van der Waals surface area contributed by atoms with Crippen molar-refractivity contribution in [1.82, 2.24) is 0 Å². The van der Waals surface area contributed by atoms with E-state index in [0.29, 0.717) is 19.0 Å². The number of rotatable bonds is 2. The SMILES string of the molecule is Cc1ccc(C(=O)C2CCOCC2)o1. The number of hydrogen-bond acceptors (Lipinski definition) is 3. The van der Waals surface area contributed by atoms with Crippen molar-refractivity contribution < 1.29 is 13.9 Å². The second-order valence-electron chi connectivity index (χ2n) is 3.66. The van der Waals surface area contributed by atoms with Gasteiger partial charge in [-0.15, -0.1) is 0 Å². The molecule has 1 saturated heterocycles. The summed E-state index contributed by atoms with van der Waals surface area (Å²) in [6, 6.07) is 3.58. The molecule has 0 aromatic carbocycles. The van der Waals surface area contributed by atoms with Crippen molar-refractivity contribution in [3.8, 4) is 0 Å². The molecule has 2 rings (SSSR count). The van der Waals surface area contributed by atoms with E-state index in [9.17, 15) is 4.79 Å². The maximum Gasteiger partial charge on any atom is 0.201 e. The molecule has 0 N–H and O–H groups in total. The molecule has 0 radical (unpaired) electrons. The lowest BCUT2D eigenvalue weighted by Crippen LogP contribution is -2.23. The summed E-state index contributed by atoms with van der Waals surface area (Å²) >= 11 is 0. The molecular weight excluding hydrogens is 180 g/mol. The molecule has 0 spiro atoms. The monoisotopic (exact) mass is 194 g/mol. The Labute approximate surface area is 83.0 Å². The zero-order valence-electron chi connectivity index (χ0n) is 8.29. The quantitative estimate of drug-likeness (QED) is 0.677. The number of carbonyl (C=O) groups excluding carboxylic acids is 1. The smallest absolute Gasteiger partial charge is 0.201 e. The van der Waals surface area contributed by atoms with Gasteiger partial charge in [-0.1, -0.05) is 0 Å². The molecule has 0 amide bonds. The largest absolute Gasteiger partial charge is 0.458 e. The predicted molar refractivity (Wildman–Crippen MR) is 51.3 cm³/mol. The van der Waals surface area contributed by atoms with Gasteiger partial charge < -0.3 is 9.15 Å². The summed E-state index contributed by atoms with van der Waals surface area (Å²) in [6.45, 7) is 3.23. The summed E-state index contributed by atoms with van der Waals surface area (Å²) in [6.07, 6.45) is 1.64. The van der Waals surface area contributed by atoms with Gasteiger partial charge in [-0.3, -0.25) is 4.79 Å². The topological polar surface area (TPSA) is 39.4 Å². The number of ketones is 1. The Kier molecular flexibility index (Phi) is 2.68. The van der Waals surface area contributed by atoms with Crippen LogP contribution in [0.2, 0.25) is 0 Å². The number of Topliss-reactive ketones (excluding diaryl/α,β-unsaturated/α-hetero) is 1. The molecule has 76 valence electrons. The van der Waals surface area contributed by atoms with Gasteiger partial charge in [0.05, 0.1) is 0 Å². The van der Waals surface area contributed by atoms with Gasteiger partial charge in [0.25, 0.3) is 0 Å². The average molecular weight is 194 g/mol. The number of ether oxygens (including phenoxy) is 1. The lowest BCUT2D eigenvalue weighted by atomic mass is 9.94. The van der Waals surface area contributed by atoms with Crippen LogP contribution in [0.25, 0.3) is 0 Å². The van der Waals surface area contributed by atoms with Crippen LogP contribution in [0.5, 0.6) is 0 Å². The van der Waals surface area contributed by atoms with Gasteiger partial charge >= 0.3 is 0 Å². The van der Waals surface area contributed by atoms with E-state index in [4.69, 9.17) is 9.15 Å². The number of hydrogen-bond donors (Lipinski definition) is 0. The molecule has 1 aliphatic heterocycles. The van der Waals surface area contributed by atoms with Crippen molar-refractivity contribution in [2.75, 3.05) is 13.2 Å². The van der Waals surface area contributed by atoms with Crippen molar-refractivity contribution in [2.45, 2.75) is 19.8 Å². The van der Waals surface area contributed by atoms with Gasteiger partial charge in [-0.2, -0.15) is 0 Å². The fourth-order valence-corrected chi connectivity index (χ4v) is 1.73. The number of carbonyl (C=O) groups is 1. The second kappa shape index (κ2) is 3.96. The Balaban J connectivity index is 2.07. The number of aryl methyl sites for hydroxylation is 1. The highest BCUT2D eigenvalue weighted by Gasteiger charge is 2.24. The number of furan rings is 1. The lowest BCUT2D eigenvalue weighted by Gasteiger charge is -2.19. The van der Waals surface area contributed by atoms with Crippen LogP contribution in [0.3, 0.4) is 0 Å². The summed E-state index contributed by atoms with van der Waals surface area (Å²) in [5.74, 6) is 1.51. The van der Waals surface area contributed by atoms with E-state index in [1.165, 1.54) is 0 Å². The van der Waals surface area contributed by atoms with Crippen molar-refractivity contribution in [1.29, 1.82) is 0 Å². The molecule has 2 heterocycles. The molecule has 1 aromatic heterocycles. The molecule has 0 unspecified atom stereocenters.